The number of rotatable bonds is 5. The Balaban J connectivity index is 1.13. The van der Waals surface area contributed by atoms with Crippen LogP contribution in [-0.2, 0) is 10.3 Å². The first-order chi connectivity index (χ1) is 16.7. The number of nitrogens with zero attached hydrogens (tertiary/aromatic N) is 4. The number of benzene rings is 2. The zero-order valence-electron chi connectivity index (χ0n) is 19.9. The first-order valence-electron chi connectivity index (χ1n) is 12.8. The van der Waals surface area contributed by atoms with Crippen LogP contribution in [0.25, 0.3) is 16.9 Å². The molecule has 6 heteroatoms. The van der Waals surface area contributed by atoms with Crippen molar-refractivity contribution in [1.29, 1.82) is 0 Å². The summed E-state index contributed by atoms with van der Waals surface area (Å²) in [5.41, 5.74) is 12.2. The Morgan fingerprint density at radius 2 is 1.68 bits per heavy atom. The van der Waals surface area contributed by atoms with Crippen molar-refractivity contribution in [2.24, 2.45) is 5.73 Å². The normalized spacial score (nSPS) is 21.4. The molecule has 0 radical (unpaired) electrons. The number of hydrogen-bond donors (Lipinski definition) is 1. The Hall–Kier alpha value is -2.67. The number of nitrogens with two attached hydrogens (primary N) is 1. The lowest BCUT2D eigenvalue weighted by atomic mass is 9.73. The average Bonchev–Trinajstić information content (AvgIpc) is 3.39. The minimum Gasteiger partial charge on any atom is -0.379 e. The molecule has 178 valence electrons. The number of imidazole rings is 1. The lowest BCUT2D eigenvalue weighted by molar-refractivity contribution is 0.0115. The van der Waals surface area contributed by atoms with Gasteiger partial charge in [0.2, 0.25) is 0 Å². The number of anilines is 1. The minimum atomic E-state index is -0.115. The fraction of sp³-hybridized carbons (Fsp3) is 0.464. The lowest BCUT2D eigenvalue weighted by Gasteiger charge is -2.40. The van der Waals surface area contributed by atoms with Gasteiger partial charge in [-0.15, -0.1) is 0 Å². The van der Waals surface area contributed by atoms with E-state index in [-0.39, 0.29) is 5.54 Å². The molecule has 1 aromatic heterocycles. The van der Waals surface area contributed by atoms with Crippen molar-refractivity contribution in [3.63, 3.8) is 0 Å². The van der Waals surface area contributed by atoms with E-state index in [1.807, 2.05) is 6.33 Å². The molecule has 34 heavy (non-hydrogen) atoms. The number of morpholine rings is 1. The Morgan fingerprint density at radius 3 is 2.38 bits per heavy atom. The van der Waals surface area contributed by atoms with E-state index >= 15 is 0 Å². The van der Waals surface area contributed by atoms with E-state index in [1.165, 1.54) is 36.1 Å². The summed E-state index contributed by atoms with van der Waals surface area (Å²) in [7, 11) is 0. The van der Waals surface area contributed by atoms with Crippen LogP contribution in [-0.4, -0.2) is 59.9 Å². The third-order valence-electron chi connectivity index (χ3n) is 8.10. The maximum Gasteiger partial charge on any atom is 0.0999 e. The maximum atomic E-state index is 6.48. The van der Waals surface area contributed by atoms with Crippen LogP contribution in [0.4, 0.5) is 5.69 Å². The topological polar surface area (TPSA) is 59.6 Å². The van der Waals surface area contributed by atoms with Crippen molar-refractivity contribution < 1.29 is 4.74 Å². The molecular weight excluding hydrogens is 422 g/mol. The largest absolute Gasteiger partial charge is 0.379 e. The van der Waals surface area contributed by atoms with Gasteiger partial charge in [-0.1, -0.05) is 24.3 Å². The van der Waals surface area contributed by atoms with Gasteiger partial charge in [-0.2, -0.15) is 0 Å². The van der Waals surface area contributed by atoms with Crippen LogP contribution >= 0.6 is 0 Å². The Bertz CT molecular complexity index is 1110. The highest BCUT2D eigenvalue weighted by Crippen LogP contribution is 2.38. The SMILES string of the molecule is NC1(c2ccc(-n3cnc(-c4cccc(N5CCC(N6CCOCC6)CC5)c4)c3)cc2)CCC1. The summed E-state index contributed by atoms with van der Waals surface area (Å²) in [5, 5.41) is 0. The summed E-state index contributed by atoms with van der Waals surface area (Å²) in [6.07, 6.45) is 9.88. The van der Waals surface area contributed by atoms with Crippen molar-refractivity contribution in [3.05, 3.63) is 66.6 Å². The molecule has 3 fully saturated rings. The van der Waals surface area contributed by atoms with Gasteiger partial charge in [0.25, 0.3) is 0 Å². The second-order valence-electron chi connectivity index (χ2n) is 10.1. The highest BCUT2D eigenvalue weighted by Gasteiger charge is 2.34. The molecule has 6 rings (SSSR count). The molecule has 0 bridgehead atoms. The fourth-order valence-electron chi connectivity index (χ4n) is 5.72. The van der Waals surface area contributed by atoms with Crippen LogP contribution in [0.1, 0.15) is 37.7 Å². The highest BCUT2D eigenvalue weighted by molar-refractivity contribution is 5.65. The molecule has 0 spiro atoms. The van der Waals surface area contributed by atoms with Gasteiger partial charge >= 0.3 is 0 Å². The van der Waals surface area contributed by atoms with E-state index in [2.05, 4.69) is 69.1 Å². The zero-order chi connectivity index (χ0) is 23.0. The summed E-state index contributed by atoms with van der Waals surface area (Å²) >= 11 is 0. The summed E-state index contributed by atoms with van der Waals surface area (Å²) in [6, 6.07) is 18.2. The smallest absolute Gasteiger partial charge is 0.0999 e. The Kier molecular flexibility index (Phi) is 5.89. The third kappa shape index (κ3) is 4.26. The molecule has 1 saturated carbocycles. The standard InChI is InChI=1S/C28H35N5O/c29-28(11-2-12-28)23-5-7-24(8-6-23)33-20-27(30-21-33)22-3-1-4-26(19-22)31-13-9-25(10-14-31)32-15-17-34-18-16-32/h1,3-8,19-21,25H,2,9-18,29H2. The Labute approximate surface area is 202 Å². The number of piperidine rings is 1. The maximum absolute atomic E-state index is 6.48. The number of hydrogen-bond acceptors (Lipinski definition) is 5. The van der Waals surface area contributed by atoms with Gasteiger partial charge in [-0.25, -0.2) is 4.98 Å². The van der Waals surface area contributed by atoms with E-state index in [1.54, 1.807) is 0 Å². The molecule has 2 N–H and O–H groups in total. The molecule has 0 unspecified atom stereocenters. The van der Waals surface area contributed by atoms with E-state index < -0.39 is 0 Å². The molecule has 0 atom stereocenters. The van der Waals surface area contributed by atoms with Crippen molar-refractivity contribution in [1.82, 2.24) is 14.5 Å². The van der Waals surface area contributed by atoms with Gasteiger partial charge in [-0.05, 0) is 61.9 Å². The predicted octanol–water partition coefficient (Wildman–Crippen LogP) is 4.18. The van der Waals surface area contributed by atoms with E-state index in [9.17, 15) is 0 Å². The van der Waals surface area contributed by atoms with Crippen LogP contribution in [0, 0.1) is 0 Å². The molecule has 3 heterocycles. The monoisotopic (exact) mass is 457 g/mol. The molecule has 2 aliphatic heterocycles. The fourth-order valence-corrected chi connectivity index (χ4v) is 5.72. The van der Waals surface area contributed by atoms with Crippen LogP contribution in [0.15, 0.2) is 61.1 Å². The van der Waals surface area contributed by atoms with Gasteiger partial charge in [0.05, 0.1) is 25.2 Å². The minimum absolute atomic E-state index is 0.115. The van der Waals surface area contributed by atoms with Crippen molar-refractivity contribution >= 4 is 5.69 Å². The first-order valence-corrected chi connectivity index (χ1v) is 12.8. The van der Waals surface area contributed by atoms with Crippen molar-refractivity contribution in [2.45, 2.75) is 43.7 Å². The summed E-state index contributed by atoms with van der Waals surface area (Å²) in [4.78, 5) is 9.87. The van der Waals surface area contributed by atoms with Crippen LogP contribution < -0.4 is 10.6 Å². The van der Waals surface area contributed by atoms with Gasteiger partial charge in [-0.3, -0.25) is 4.90 Å². The number of aromatic nitrogens is 2. The predicted molar refractivity (Wildman–Crippen MR) is 136 cm³/mol. The molecular formula is C28H35N5O. The summed E-state index contributed by atoms with van der Waals surface area (Å²) in [5.74, 6) is 0. The van der Waals surface area contributed by atoms with Gasteiger partial charge in [0.1, 0.15) is 0 Å². The van der Waals surface area contributed by atoms with Gasteiger partial charge in [0, 0.05) is 60.9 Å². The van der Waals surface area contributed by atoms with Crippen molar-refractivity contribution in [3.8, 4) is 16.9 Å². The van der Waals surface area contributed by atoms with E-state index in [0.717, 1.165) is 63.6 Å². The second kappa shape index (κ2) is 9.17. The summed E-state index contributed by atoms with van der Waals surface area (Å²) < 4.78 is 7.63. The number of ether oxygens (including phenoxy) is 1. The van der Waals surface area contributed by atoms with Gasteiger partial charge < -0.3 is 19.9 Å². The zero-order valence-corrected chi connectivity index (χ0v) is 19.9. The molecule has 2 aromatic carbocycles. The van der Waals surface area contributed by atoms with Gasteiger partial charge in [0.15, 0.2) is 0 Å². The quantitative estimate of drug-likeness (QED) is 0.623. The highest BCUT2D eigenvalue weighted by atomic mass is 16.5. The van der Waals surface area contributed by atoms with Crippen molar-refractivity contribution in [2.75, 3.05) is 44.3 Å². The lowest BCUT2D eigenvalue weighted by Crippen LogP contribution is -2.49. The third-order valence-corrected chi connectivity index (χ3v) is 8.10. The Morgan fingerprint density at radius 1 is 0.912 bits per heavy atom. The molecule has 2 saturated heterocycles. The van der Waals surface area contributed by atoms with Crippen LogP contribution in [0.5, 0.6) is 0 Å². The molecule has 6 nitrogen and oxygen atoms in total. The molecule has 3 aromatic rings. The van der Waals surface area contributed by atoms with E-state index in [0.29, 0.717) is 6.04 Å². The average molecular weight is 458 g/mol. The van der Waals surface area contributed by atoms with E-state index in [4.69, 9.17) is 15.5 Å². The van der Waals surface area contributed by atoms with Crippen LogP contribution in [0.2, 0.25) is 0 Å². The molecule has 0 amide bonds. The van der Waals surface area contributed by atoms with Crippen LogP contribution in [0.3, 0.4) is 0 Å². The molecule has 1 aliphatic carbocycles. The molecule has 3 aliphatic rings. The summed E-state index contributed by atoms with van der Waals surface area (Å²) in [6.45, 7) is 6.14. The second-order valence-corrected chi connectivity index (χ2v) is 10.1. The first kappa shape index (κ1) is 21.8.